The van der Waals surface area contributed by atoms with Crippen molar-refractivity contribution in [2.75, 3.05) is 18.0 Å². The van der Waals surface area contributed by atoms with Crippen LogP contribution in [0.2, 0.25) is 0 Å². The standard InChI is InChI=1S/C21H24FN3O3/c22-14-5-3-6-15-17(14)20(8-4-9-20)13-25(15)16(26)7-12-24-18(27)21(23-19(24)28)10-1-2-11-21/h3,5-6H,1-2,4,7-13H2,(H,23,28). The zero-order chi connectivity index (χ0) is 19.5. The van der Waals surface area contributed by atoms with Crippen LogP contribution in [0.3, 0.4) is 0 Å². The third-order valence-electron chi connectivity index (χ3n) is 7.14. The number of carbonyl (C=O) groups excluding carboxylic acids is 3. The molecule has 6 nitrogen and oxygen atoms in total. The van der Waals surface area contributed by atoms with Crippen molar-refractivity contribution in [2.24, 2.45) is 0 Å². The SMILES string of the molecule is O=C1NC2(CCCC2)C(=O)N1CCC(=O)N1CC2(CCC2)c2c(F)cccc21. The normalized spacial score (nSPS) is 24.0. The third-order valence-corrected chi connectivity index (χ3v) is 7.14. The summed E-state index contributed by atoms with van der Waals surface area (Å²) in [5, 5.41) is 2.84. The minimum atomic E-state index is -0.751. The first-order valence-corrected chi connectivity index (χ1v) is 10.2. The van der Waals surface area contributed by atoms with Crippen molar-refractivity contribution in [1.29, 1.82) is 0 Å². The highest BCUT2D eigenvalue weighted by molar-refractivity contribution is 6.07. The van der Waals surface area contributed by atoms with Crippen LogP contribution in [0.25, 0.3) is 0 Å². The maximum atomic E-state index is 14.5. The molecule has 0 radical (unpaired) electrons. The molecule has 2 saturated carbocycles. The average Bonchev–Trinajstić information content (AvgIpc) is 3.30. The summed E-state index contributed by atoms with van der Waals surface area (Å²) >= 11 is 0. The van der Waals surface area contributed by atoms with E-state index in [1.54, 1.807) is 17.0 Å². The first-order valence-electron chi connectivity index (χ1n) is 10.2. The number of benzene rings is 1. The molecular weight excluding hydrogens is 361 g/mol. The molecule has 4 amide bonds. The fourth-order valence-electron chi connectivity index (χ4n) is 5.50. The maximum Gasteiger partial charge on any atom is 0.325 e. The van der Waals surface area contributed by atoms with Gasteiger partial charge in [-0.1, -0.05) is 25.3 Å². The van der Waals surface area contributed by atoms with Gasteiger partial charge in [-0.15, -0.1) is 0 Å². The lowest BCUT2D eigenvalue weighted by molar-refractivity contribution is -0.131. The molecule has 1 aromatic carbocycles. The minimum Gasteiger partial charge on any atom is -0.323 e. The van der Waals surface area contributed by atoms with Gasteiger partial charge in [-0.05, 0) is 37.8 Å². The molecule has 1 aromatic rings. The molecule has 1 saturated heterocycles. The van der Waals surface area contributed by atoms with Gasteiger partial charge in [0, 0.05) is 30.5 Å². The quantitative estimate of drug-likeness (QED) is 0.814. The number of rotatable bonds is 3. The van der Waals surface area contributed by atoms with Gasteiger partial charge in [0.1, 0.15) is 11.4 Å². The lowest BCUT2D eigenvalue weighted by atomic mass is 9.65. The predicted molar refractivity (Wildman–Crippen MR) is 100 cm³/mol. The van der Waals surface area contributed by atoms with E-state index >= 15 is 0 Å². The summed E-state index contributed by atoms with van der Waals surface area (Å²) in [7, 11) is 0. The number of urea groups is 1. The lowest BCUT2D eigenvalue weighted by Gasteiger charge is -2.39. The number of hydrogen-bond donors (Lipinski definition) is 1. The maximum absolute atomic E-state index is 14.5. The second kappa shape index (κ2) is 6.03. The molecule has 28 heavy (non-hydrogen) atoms. The Bertz CT molecular complexity index is 874. The molecule has 0 unspecified atom stereocenters. The number of amides is 4. The molecule has 2 spiro atoms. The molecular formula is C21H24FN3O3. The average molecular weight is 385 g/mol. The second-order valence-corrected chi connectivity index (χ2v) is 8.67. The van der Waals surface area contributed by atoms with E-state index < -0.39 is 11.6 Å². The van der Waals surface area contributed by atoms with Crippen LogP contribution in [0.15, 0.2) is 18.2 Å². The van der Waals surface area contributed by atoms with Crippen molar-refractivity contribution in [2.45, 2.75) is 62.3 Å². The largest absolute Gasteiger partial charge is 0.325 e. The van der Waals surface area contributed by atoms with Crippen LogP contribution in [0.5, 0.6) is 0 Å². The molecule has 7 heteroatoms. The molecule has 1 N–H and O–H groups in total. The Morgan fingerprint density at radius 2 is 1.86 bits per heavy atom. The molecule has 2 aliphatic carbocycles. The molecule has 2 heterocycles. The zero-order valence-electron chi connectivity index (χ0n) is 15.8. The number of imide groups is 1. The molecule has 148 valence electrons. The summed E-state index contributed by atoms with van der Waals surface area (Å²) in [4.78, 5) is 40.8. The van der Waals surface area contributed by atoms with Gasteiger partial charge in [0.2, 0.25) is 5.91 Å². The molecule has 0 aromatic heterocycles. The van der Waals surface area contributed by atoms with E-state index in [-0.39, 0.29) is 36.0 Å². The van der Waals surface area contributed by atoms with Crippen LogP contribution in [-0.2, 0) is 15.0 Å². The van der Waals surface area contributed by atoms with Gasteiger partial charge in [0.15, 0.2) is 0 Å². The Kier molecular flexibility index (Phi) is 3.80. The predicted octanol–water partition coefficient (Wildman–Crippen LogP) is 2.85. The zero-order valence-corrected chi connectivity index (χ0v) is 15.8. The van der Waals surface area contributed by atoms with Crippen LogP contribution >= 0.6 is 0 Å². The number of anilines is 1. The van der Waals surface area contributed by atoms with E-state index in [9.17, 15) is 18.8 Å². The number of carbonyl (C=O) groups is 3. The van der Waals surface area contributed by atoms with Gasteiger partial charge in [0.05, 0.1) is 5.69 Å². The Balaban J connectivity index is 1.32. The number of fused-ring (bicyclic) bond motifs is 2. The Labute approximate surface area is 163 Å². The van der Waals surface area contributed by atoms with Gasteiger partial charge in [-0.25, -0.2) is 9.18 Å². The van der Waals surface area contributed by atoms with E-state index in [4.69, 9.17) is 0 Å². The Morgan fingerprint density at radius 1 is 1.11 bits per heavy atom. The molecule has 4 aliphatic rings. The van der Waals surface area contributed by atoms with Crippen LogP contribution in [-0.4, -0.2) is 41.4 Å². The van der Waals surface area contributed by atoms with Gasteiger partial charge < -0.3 is 10.2 Å². The lowest BCUT2D eigenvalue weighted by Crippen LogP contribution is -2.44. The summed E-state index contributed by atoms with van der Waals surface area (Å²) < 4.78 is 14.5. The second-order valence-electron chi connectivity index (χ2n) is 8.67. The van der Waals surface area contributed by atoms with Gasteiger partial charge >= 0.3 is 6.03 Å². The van der Waals surface area contributed by atoms with E-state index in [1.807, 2.05) is 0 Å². The van der Waals surface area contributed by atoms with Crippen LogP contribution < -0.4 is 10.2 Å². The van der Waals surface area contributed by atoms with Crippen LogP contribution in [0, 0.1) is 5.82 Å². The summed E-state index contributed by atoms with van der Waals surface area (Å²) in [5.74, 6) is -0.612. The first kappa shape index (κ1) is 17.6. The smallest absolute Gasteiger partial charge is 0.323 e. The molecule has 2 aliphatic heterocycles. The summed E-state index contributed by atoms with van der Waals surface area (Å²) in [6.07, 6.45) is 6.07. The number of halogens is 1. The minimum absolute atomic E-state index is 0.0568. The molecule has 0 bridgehead atoms. The fraction of sp³-hybridized carbons (Fsp3) is 0.571. The van der Waals surface area contributed by atoms with Gasteiger partial charge in [-0.3, -0.25) is 14.5 Å². The number of nitrogens with zero attached hydrogens (tertiary/aromatic N) is 2. The van der Waals surface area contributed by atoms with E-state index in [2.05, 4.69) is 5.32 Å². The fourth-order valence-corrected chi connectivity index (χ4v) is 5.50. The molecule has 5 rings (SSSR count). The van der Waals surface area contributed by atoms with Crippen molar-refractivity contribution >= 4 is 23.5 Å². The monoisotopic (exact) mass is 385 g/mol. The highest BCUT2D eigenvalue weighted by atomic mass is 19.1. The number of nitrogens with one attached hydrogen (secondary N) is 1. The van der Waals surface area contributed by atoms with E-state index in [0.717, 1.165) is 32.1 Å². The van der Waals surface area contributed by atoms with Gasteiger partial charge in [0.25, 0.3) is 5.91 Å². The third kappa shape index (κ3) is 2.34. The molecule has 3 fully saturated rings. The van der Waals surface area contributed by atoms with Gasteiger partial charge in [-0.2, -0.15) is 0 Å². The van der Waals surface area contributed by atoms with E-state index in [0.29, 0.717) is 30.6 Å². The Morgan fingerprint density at radius 3 is 2.54 bits per heavy atom. The number of hydrogen-bond acceptors (Lipinski definition) is 3. The topological polar surface area (TPSA) is 69.7 Å². The highest BCUT2D eigenvalue weighted by Crippen LogP contribution is 2.53. The summed E-state index contributed by atoms with van der Waals surface area (Å²) in [6, 6.07) is 4.49. The van der Waals surface area contributed by atoms with Crippen molar-refractivity contribution in [1.82, 2.24) is 10.2 Å². The van der Waals surface area contributed by atoms with Crippen LogP contribution in [0.1, 0.15) is 56.9 Å². The van der Waals surface area contributed by atoms with Crippen LogP contribution in [0.4, 0.5) is 14.9 Å². The van der Waals surface area contributed by atoms with Crippen molar-refractivity contribution < 1.29 is 18.8 Å². The summed E-state index contributed by atoms with van der Waals surface area (Å²) in [6.45, 7) is 0.561. The van der Waals surface area contributed by atoms with E-state index in [1.165, 1.54) is 11.0 Å². The van der Waals surface area contributed by atoms with Crippen molar-refractivity contribution in [3.8, 4) is 0 Å². The highest BCUT2D eigenvalue weighted by Gasteiger charge is 2.53. The Hall–Kier alpha value is -2.44. The van der Waals surface area contributed by atoms with Crippen molar-refractivity contribution in [3.63, 3.8) is 0 Å². The summed E-state index contributed by atoms with van der Waals surface area (Å²) in [5.41, 5.74) is 0.300. The van der Waals surface area contributed by atoms with Crippen molar-refractivity contribution in [3.05, 3.63) is 29.6 Å². The molecule has 0 atom stereocenters. The first-order chi connectivity index (χ1) is 13.5.